The van der Waals surface area contributed by atoms with E-state index < -0.39 is 0 Å². The van der Waals surface area contributed by atoms with Crippen molar-refractivity contribution in [2.24, 2.45) is 4.99 Å². The second-order valence-electron chi connectivity index (χ2n) is 9.26. The number of rotatable bonds is 4. The van der Waals surface area contributed by atoms with Gasteiger partial charge in [-0.05, 0) is 55.8 Å². The van der Waals surface area contributed by atoms with E-state index >= 15 is 0 Å². The van der Waals surface area contributed by atoms with Crippen molar-refractivity contribution in [3.63, 3.8) is 0 Å². The van der Waals surface area contributed by atoms with E-state index in [1.807, 2.05) is 35.9 Å². The predicted molar refractivity (Wildman–Crippen MR) is 142 cm³/mol. The lowest BCUT2D eigenvalue weighted by Gasteiger charge is -2.33. The Hall–Kier alpha value is -4.58. The van der Waals surface area contributed by atoms with E-state index in [9.17, 15) is 0 Å². The van der Waals surface area contributed by atoms with Crippen LogP contribution in [0.1, 0.15) is 34.4 Å². The van der Waals surface area contributed by atoms with Gasteiger partial charge in [0, 0.05) is 0 Å². The normalized spacial score (nSPS) is 15.9. The first-order chi connectivity index (χ1) is 17.7. The van der Waals surface area contributed by atoms with Crippen molar-refractivity contribution in [3.8, 4) is 5.69 Å². The Morgan fingerprint density at radius 3 is 2.19 bits per heavy atom. The fourth-order valence-corrected chi connectivity index (χ4v) is 5.33. The van der Waals surface area contributed by atoms with Gasteiger partial charge < -0.3 is 9.32 Å². The Kier molecular flexibility index (Phi) is 4.61. The summed E-state index contributed by atoms with van der Waals surface area (Å²) in [5.74, 6) is 3.49. The summed E-state index contributed by atoms with van der Waals surface area (Å²) in [5.41, 5.74) is 6.46. The Bertz CT molecular complexity index is 1600. The summed E-state index contributed by atoms with van der Waals surface area (Å²) in [6.07, 6.45) is 0. The summed E-state index contributed by atoms with van der Waals surface area (Å²) in [6.45, 7) is 4.76. The predicted octanol–water partition coefficient (Wildman–Crippen LogP) is 6.70. The monoisotopic (exact) mass is 471 g/mol. The van der Waals surface area contributed by atoms with Gasteiger partial charge in [-0.3, -0.25) is 4.90 Å². The number of aliphatic imine (C=N–C) groups is 1. The molecular weight excluding hydrogens is 446 g/mol. The highest BCUT2D eigenvalue weighted by atomic mass is 16.3. The lowest BCUT2D eigenvalue weighted by Crippen LogP contribution is -2.42. The van der Waals surface area contributed by atoms with Crippen molar-refractivity contribution in [2.75, 3.05) is 9.80 Å². The average Bonchev–Trinajstić information content (AvgIpc) is 3.59. The van der Waals surface area contributed by atoms with Crippen molar-refractivity contribution in [1.82, 2.24) is 9.78 Å². The molecule has 0 bridgehead atoms. The molecule has 2 aliphatic rings. The van der Waals surface area contributed by atoms with E-state index in [1.54, 1.807) is 0 Å². The number of anilines is 2. The van der Waals surface area contributed by atoms with Gasteiger partial charge >= 0.3 is 0 Å². The molecule has 0 radical (unpaired) electrons. The van der Waals surface area contributed by atoms with Crippen LogP contribution in [0.2, 0.25) is 0 Å². The highest BCUT2D eigenvalue weighted by Gasteiger charge is 2.45. The molecule has 0 N–H and O–H groups in total. The van der Waals surface area contributed by atoms with E-state index in [4.69, 9.17) is 14.5 Å². The van der Waals surface area contributed by atoms with Crippen molar-refractivity contribution in [1.29, 1.82) is 0 Å². The second kappa shape index (κ2) is 7.99. The molecule has 0 unspecified atom stereocenters. The molecule has 7 rings (SSSR count). The minimum absolute atomic E-state index is 0.180. The highest BCUT2D eigenvalue weighted by molar-refractivity contribution is 6.18. The van der Waals surface area contributed by atoms with Gasteiger partial charge in [-0.15, -0.1) is 0 Å². The first-order valence-corrected chi connectivity index (χ1v) is 12.2. The molecule has 0 fully saturated rings. The molecular formula is C30H25N5O. The number of fused-ring (bicyclic) bond motifs is 4. The van der Waals surface area contributed by atoms with Crippen LogP contribution in [0.15, 0.2) is 106 Å². The van der Waals surface area contributed by atoms with Gasteiger partial charge in [-0.1, -0.05) is 60.7 Å². The lowest BCUT2D eigenvalue weighted by atomic mass is 10.0. The van der Waals surface area contributed by atoms with Gasteiger partial charge in [0.15, 0.2) is 5.82 Å². The maximum atomic E-state index is 6.27. The molecule has 1 atom stereocenters. The molecule has 0 spiro atoms. The first kappa shape index (κ1) is 20.8. The molecule has 6 heteroatoms. The maximum Gasteiger partial charge on any atom is 0.213 e. The fourth-order valence-electron chi connectivity index (χ4n) is 5.33. The smallest absolute Gasteiger partial charge is 0.213 e. The molecule has 0 saturated carbocycles. The lowest BCUT2D eigenvalue weighted by molar-refractivity contribution is 0.464. The molecule has 36 heavy (non-hydrogen) atoms. The van der Waals surface area contributed by atoms with Crippen LogP contribution in [0, 0.1) is 13.8 Å². The number of guanidine groups is 1. The summed E-state index contributed by atoms with van der Waals surface area (Å²) in [5, 5.41) is 4.96. The van der Waals surface area contributed by atoms with Crippen LogP contribution in [-0.2, 0) is 6.54 Å². The van der Waals surface area contributed by atoms with Crippen molar-refractivity contribution in [2.45, 2.75) is 26.4 Å². The zero-order valence-electron chi connectivity index (χ0n) is 20.2. The second-order valence-corrected chi connectivity index (χ2v) is 9.26. The van der Waals surface area contributed by atoms with Crippen molar-refractivity contribution >= 4 is 23.2 Å². The number of benzene rings is 3. The van der Waals surface area contributed by atoms with Gasteiger partial charge in [0.05, 0.1) is 34.9 Å². The molecule has 6 nitrogen and oxygen atoms in total. The number of hydrogen-bond donors (Lipinski definition) is 0. The van der Waals surface area contributed by atoms with Gasteiger partial charge in [0.2, 0.25) is 5.96 Å². The Balaban J connectivity index is 1.49. The molecule has 0 amide bonds. The molecule has 5 aromatic rings. The Morgan fingerprint density at radius 2 is 1.47 bits per heavy atom. The highest BCUT2D eigenvalue weighted by Crippen LogP contribution is 2.51. The SMILES string of the molecule is Cc1ccc([C@@H]2c3c(C)nn(-c4ccccc4)c3N=C3N(Cc4ccccc4)c4ccccc4N32)o1. The van der Waals surface area contributed by atoms with Crippen molar-refractivity contribution < 1.29 is 4.42 Å². The number of para-hydroxylation sites is 3. The third-order valence-electron chi connectivity index (χ3n) is 6.92. The summed E-state index contributed by atoms with van der Waals surface area (Å²) < 4.78 is 8.23. The first-order valence-electron chi connectivity index (χ1n) is 12.2. The zero-order chi connectivity index (χ0) is 24.2. The average molecular weight is 472 g/mol. The van der Waals surface area contributed by atoms with Crippen LogP contribution >= 0.6 is 0 Å². The number of nitrogens with zero attached hydrogens (tertiary/aromatic N) is 5. The van der Waals surface area contributed by atoms with E-state index in [0.717, 1.165) is 51.6 Å². The molecule has 2 aromatic heterocycles. The van der Waals surface area contributed by atoms with Gasteiger partial charge in [0.25, 0.3) is 0 Å². The number of aryl methyl sites for hydroxylation is 2. The molecule has 0 saturated heterocycles. The van der Waals surface area contributed by atoms with Crippen LogP contribution in [-0.4, -0.2) is 15.7 Å². The topological polar surface area (TPSA) is 49.8 Å². The van der Waals surface area contributed by atoms with Gasteiger partial charge in [-0.2, -0.15) is 10.1 Å². The summed E-state index contributed by atoms with van der Waals surface area (Å²) in [7, 11) is 0. The third-order valence-corrected chi connectivity index (χ3v) is 6.92. The molecule has 176 valence electrons. The molecule has 4 heterocycles. The largest absolute Gasteiger partial charge is 0.464 e. The summed E-state index contributed by atoms with van der Waals surface area (Å²) in [6, 6.07) is 33.2. The maximum absolute atomic E-state index is 6.27. The summed E-state index contributed by atoms with van der Waals surface area (Å²) >= 11 is 0. The number of aromatic nitrogens is 2. The minimum atomic E-state index is -0.180. The summed E-state index contributed by atoms with van der Waals surface area (Å²) in [4.78, 5) is 9.91. The van der Waals surface area contributed by atoms with E-state index in [2.05, 4.69) is 89.5 Å². The third kappa shape index (κ3) is 3.11. The molecule has 2 aliphatic heterocycles. The van der Waals surface area contributed by atoms with Crippen LogP contribution in [0.25, 0.3) is 5.69 Å². The van der Waals surface area contributed by atoms with Crippen LogP contribution in [0.5, 0.6) is 0 Å². The Labute approximate surface area is 209 Å². The van der Waals surface area contributed by atoms with Crippen LogP contribution in [0.4, 0.5) is 17.2 Å². The van der Waals surface area contributed by atoms with Gasteiger partial charge in [0.1, 0.15) is 17.6 Å². The quantitative estimate of drug-likeness (QED) is 0.293. The van der Waals surface area contributed by atoms with Gasteiger partial charge in [-0.25, -0.2) is 4.68 Å². The fraction of sp³-hybridized carbons (Fsp3) is 0.133. The van der Waals surface area contributed by atoms with E-state index in [1.165, 1.54) is 5.56 Å². The van der Waals surface area contributed by atoms with E-state index in [0.29, 0.717) is 6.54 Å². The van der Waals surface area contributed by atoms with E-state index in [-0.39, 0.29) is 6.04 Å². The molecule has 3 aromatic carbocycles. The van der Waals surface area contributed by atoms with Crippen LogP contribution in [0.3, 0.4) is 0 Å². The standard InChI is InChI=1S/C30H25N5O/c1-20-17-18-26(36-20)28-27-21(2)32-35(23-13-7-4-8-14-23)29(27)31-30-33(19-22-11-5-3-6-12-22)24-15-9-10-16-25(24)34(28)30/h3-18,28H,19H2,1-2H3/t28-/m1/s1. The number of hydrogen-bond acceptors (Lipinski definition) is 5. The number of furan rings is 1. The van der Waals surface area contributed by atoms with Crippen molar-refractivity contribution in [3.05, 3.63) is 125 Å². The molecule has 0 aliphatic carbocycles. The van der Waals surface area contributed by atoms with Crippen LogP contribution < -0.4 is 9.80 Å². The zero-order valence-corrected chi connectivity index (χ0v) is 20.2. The Morgan fingerprint density at radius 1 is 0.778 bits per heavy atom. The minimum Gasteiger partial charge on any atom is -0.464 e.